The molecule has 7 heteroatoms. The number of hydrogen-bond acceptors (Lipinski definition) is 4. The van der Waals surface area contributed by atoms with Gasteiger partial charge in [0.15, 0.2) is 0 Å². The van der Waals surface area contributed by atoms with Crippen LogP contribution in [0.3, 0.4) is 0 Å². The molecule has 6 nitrogen and oxygen atoms in total. The molecular formula is C9H22N4O2S. The van der Waals surface area contributed by atoms with E-state index in [1.807, 2.05) is 6.92 Å². The van der Waals surface area contributed by atoms with E-state index in [9.17, 15) is 8.42 Å². The topological polar surface area (TPSA) is 78.7 Å². The summed E-state index contributed by atoms with van der Waals surface area (Å²) in [6.45, 7) is 6.57. The highest BCUT2D eigenvalue weighted by Crippen LogP contribution is 2.05. The molecule has 0 radical (unpaired) electrons. The lowest BCUT2D eigenvalue weighted by Crippen LogP contribution is -2.52. The van der Waals surface area contributed by atoms with E-state index in [2.05, 4.69) is 9.62 Å². The fourth-order valence-electron chi connectivity index (χ4n) is 1.70. The number of nitrogens with two attached hydrogens (primary N) is 1. The van der Waals surface area contributed by atoms with Crippen molar-refractivity contribution in [2.45, 2.75) is 13.3 Å². The normalized spacial score (nSPS) is 20.1. The van der Waals surface area contributed by atoms with Gasteiger partial charge in [0.05, 0.1) is 0 Å². The monoisotopic (exact) mass is 250 g/mol. The van der Waals surface area contributed by atoms with Crippen LogP contribution in [0.1, 0.15) is 13.3 Å². The average Bonchev–Trinajstić information content (AvgIpc) is 2.28. The van der Waals surface area contributed by atoms with E-state index in [-0.39, 0.29) is 0 Å². The molecule has 0 aliphatic carbocycles. The Morgan fingerprint density at radius 1 is 1.25 bits per heavy atom. The van der Waals surface area contributed by atoms with E-state index < -0.39 is 10.2 Å². The van der Waals surface area contributed by atoms with Gasteiger partial charge in [-0.25, -0.2) is 4.72 Å². The maximum Gasteiger partial charge on any atom is 0.279 e. The van der Waals surface area contributed by atoms with E-state index >= 15 is 0 Å². The van der Waals surface area contributed by atoms with Crippen LogP contribution < -0.4 is 10.5 Å². The molecule has 0 amide bonds. The molecule has 1 fully saturated rings. The van der Waals surface area contributed by atoms with E-state index in [0.29, 0.717) is 26.2 Å². The lowest BCUT2D eigenvalue weighted by atomic mass is 10.3. The standard InChI is InChI=1S/C9H22N4O2S/c1-2-4-11-16(14,15)13-8-6-12(5-3-10)7-9-13/h11H,2-10H2,1H3. The lowest BCUT2D eigenvalue weighted by Gasteiger charge is -2.33. The molecule has 0 bridgehead atoms. The molecule has 1 aliphatic heterocycles. The van der Waals surface area contributed by atoms with Crippen LogP contribution in [0.2, 0.25) is 0 Å². The highest BCUT2D eigenvalue weighted by Gasteiger charge is 2.25. The maximum atomic E-state index is 11.8. The Labute approximate surface area is 98.0 Å². The van der Waals surface area contributed by atoms with Crippen LogP contribution in [0.5, 0.6) is 0 Å². The first-order chi connectivity index (χ1) is 7.60. The summed E-state index contributed by atoms with van der Waals surface area (Å²) in [7, 11) is -3.26. The molecule has 1 rings (SSSR count). The molecule has 0 saturated carbocycles. The average molecular weight is 250 g/mol. The fraction of sp³-hybridized carbons (Fsp3) is 1.00. The third-order valence-corrected chi connectivity index (χ3v) is 4.26. The summed E-state index contributed by atoms with van der Waals surface area (Å²) in [4.78, 5) is 2.19. The zero-order valence-corrected chi connectivity index (χ0v) is 10.7. The third kappa shape index (κ3) is 3.99. The second-order valence-electron chi connectivity index (χ2n) is 3.93. The molecule has 0 unspecified atom stereocenters. The highest BCUT2D eigenvalue weighted by molar-refractivity contribution is 7.87. The van der Waals surface area contributed by atoms with Crippen molar-refractivity contribution in [2.24, 2.45) is 5.73 Å². The van der Waals surface area contributed by atoms with Crippen LogP contribution in [-0.4, -0.2) is 63.4 Å². The van der Waals surface area contributed by atoms with Crippen LogP contribution in [0.4, 0.5) is 0 Å². The molecule has 1 heterocycles. The minimum atomic E-state index is -3.26. The zero-order valence-electron chi connectivity index (χ0n) is 9.85. The Balaban J connectivity index is 2.40. The van der Waals surface area contributed by atoms with Crippen molar-refractivity contribution >= 4 is 10.2 Å². The van der Waals surface area contributed by atoms with Crippen molar-refractivity contribution < 1.29 is 8.42 Å². The van der Waals surface area contributed by atoms with E-state index in [4.69, 9.17) is 5.73 Å². The van der Waals surface area contributed by atoms with Crippen molar-refractivity contribution in [3.8, 4) is 0 Å². The summed E-state index contributed by atoms with van der Waals surface area (Å²) in [6.07, 6.45) is 0.812. The SMILES string of the molecule is CCCNS(=O)(=O)N1CCN(CCN)CC1. The van der Waals surface area contributed by atoms with Gasteiger partial charge in [-0.3, -0.25) is 4.90 Å². The zero-order chi connectivity index (χ0) is 12.0. The van der Waals surface area contributed by atoms with Gasteiger partial charge in [0.2, 0.25) is 0 Å². The minimum Gasteiger partial charge on any atom is -0.329 e. The lowest BCUT2D eigenvalue weighted by molar-refractivity contribution is 0.191. The summed E-state index contributed by atoms with van der Waals surface area (Å²) < 4.78 is 27.7. The largest absolute Gasteiger partial charge is 0.329 e. The van der Waals surface area contributed by atoms with Gasteiger partial charge in [0.25, 0.3) is 10.2 Å². The van der Waals surface area contributed by atoms with Crippen LogP contribution in [0.25, 0.3) is 0 Å². The number of rotatable bonds is 6. The quantitative estimate of drug-likeness (QED) is 0.621. The molecule has 3 N–H and O–H groups in total. The molecule has 96 valence electrons. The first-order valence-electron chi connectivity index (χ1n) is 5.77. The number of nitrogens with zero attached hydrogens (tertiary/aromatic N) is 2. The Bertz CT molecular complexity index is 286. The summed E-state index contributed by atoms with van der Waals surface area (Å²) in [5.74, 6) is 0. The van der Waals surface area contributed by atoms with Crippen molar-refractivity contribution in [1.29, 1.82) is 0 Å². The number of nitrogens with one attached hydrogen (secondary N) is 1. The minimum absolute atomic E-state index is 0.505. The number of hydrogen-bond donors (Lipinski definition) is 2. The smallest absolute Gasteiger partial charge is 0.279 e. The van der Waals surface area contributed by atoms with Gasteiger partial charge in [0.1, 0.15) is 0 Å². The van der Waals surface area contributed by atoms with Gasteiger partial charge < -0.3 is 5.73 Å². The summed E-state index contributed by atoms with van der Waals surface area (Å²) >= 11 is 0. The molecule has 0 atom stereocenters. The molecule has 0 aromatic carbocycles. The molecular weight excluding hydrogens is 228 g/mol. The molecule has 0 aromatic heterocycles. The van der Waals surface area contributed by atoms with Gasteiger partial charge in [-0.1, -0.05) is 6.92 Å². The highest BCUT2D eigenvalue weighted by atomic mass is 32.2. The maximum absolute atomic E-state index is 11.8. The first kappa shape index (κ1) is 13.9. The molecule has 1 saturated heterocycles. The summed E-state index contributed by atoms with van der Waals surface area (Å²) in [6, 6.07) is 0. The second-order valence-corrected chi connectivity index (χ2v) is 5.68. The van der Waals surface area contributed by atoms with Crippen LogP contribution in [0.15, 0.2) is 0 Å². The Morgan fingerprint density at radius 2 is 1.88 bits per heavy atom. The summed E-state index contributed by atoms with van der Waals surface area (Å²) in [5, 5.41) is 0. The Hall–Kier alpha value is -0.210. The Kier molecular flexibility index (Phi) is 5.63. The van der Waals surface area contributed by atoms with Crippen LogP contribution in [-0.2, 0) is 10.2 Å². The Morgan fingerprint density at radius 3 is 2.38 bits per heavy atom. The van der Waals surface area contributed by atoms with Gasteiger partial charge in [-0.2, -0.15) is 12.7 Å². The van der Waals surface area contributed by atoms with Gasteiger partial charge in [-0.05, 0) is 6.42 Å². The van der Waals surface area contributed by atoms with E-state index in [1.54, 1.807) is 0 Å². The predicted molar refractivity (Wildman–Crippen MR) is 64.3 cm³/mol. The molecule has 1 aliphatic rings. The molecule has 16 heavy (non-hydrogen) atoms. The molecule has 0 spiro atoms. The predicted octanol–water partition coefficient (Wildman–Crippen LogP) is -1.19. The van der Waals surface area contributed by atoms with E-state index in [0.717, 1.165) is 26.1 Å². The van der Waals surface area contributed by atoms with Crippen LogP contribution >= 0.6 is 0 Å². The van der Waals surface area contributed by atoms with Crippen molar-refractivity contribution in [3.63, 3.8) is 0 Å². The second kappa shape index (κ2) is 6.51. The fourth-order valence-corrected chi connectivity index (χ4v) is 2.99. The van der Waals surface area contributed by atoms with E-state index in [1.165, 1.54) is 4.31 Å². The third-order valence-electron chi connectivity index (χ3n) is 2.65. The van der Waals surface area contributed by atoms with Crippen LogP contribution in [0, 0.1) is 0 Å². The van der Waals surface area contributed by atoms with Crippen molar-refractivity contribution in [1.82, 2.24) is 13.9 Å². The number of piperazine rings is 1. The van der Waals surface area contributed by atoms with Crippen molar-refractivity contribution in [3.05, 3.63) is 0 Å². The van der Waals surface area contributed by atoms with Gasteiger partial charge >= 0.3 is 0 Å². The van der Waals surface area contributed by atoms with Gasteiger partial charge in [0, 0.05) is 45.8 Å². The molecule has 0 aromatic rings. The van der Waals surface area contributed by atoms with Gasteiger partial charge in [-0.15, -0.1) is 0 Å². The summed E-state index contributed by atoms with van der Waals surface area (Å²) in [5.41, 5.74) is 5.46. The first-order valence-corrected chi connectivity index (χ1v) is 7.21. The van der Waals surface area contributed by atoms with Crippen molar-refractivity contribution in [2.75, 3.05) is 45.8 Å².